The third-order valence-electron chi connectivity index (χ3n) is 4.25. The van der Waals surface area contributed by atoms with Gasteiger partial charge in [0.15, 0.2) is 11.3 Å². The number of aryl methyl sites for hydroxylation is 1. The highest BCUT2D eigenvalue weighted by molar-refractivity contribution is 5.92. The third kappa shape index (κ3) is 1.98. The summed E-state index contributed by atoms with van der Waals surface area (Å²) >= 11 is 0. The minimum absolute atomic E-state index is 0.259. The summed E-state index contributed by atoms with van der Waals surface area (Å²) in [5.41, 5.74) is 5.14. The minimum Gasteiger partial charge on any atom is -0.508 e. The lowest BCUT2D eigenvalue weighted by atomic mass is 9.95. The lowest BCUT2D eigenvalue weighted by molar-refractivity contribution is 0.471. The van der Waals surface area contributed by atoms with E-state index in [1.807, 2.05) is 30.4 Å². The van der Waals surface area contributed by atoms with Crippen LogP contribution in [-0.2, 0) is 0 Å². The van der Waals surface area contributed by atoms with Gasteiger partial charge in [0, 0.05) is 24.2 Å². The van der Waals surface area contributed by atoms with Gasteiger partial charge in [0.25, 0.3) is 0 Å². The summed E-state index contributed by atoms with van der Waals surface area (Å²) in [5.74, 6) is 0.796. The highest BCUT2D eigenvalue weighted by Gasteiger charge is 2.17. The number of rotatable bonds is 2. The van der Waals surface area contributed by atoms with Crippen LogP contribution in [-0.4, -0.2) is 36.7 Å². The summed E-state index contributed by atoms with van der Waals surface area (Å²) in [6.07, 6.45) is 3.41. The number of pyridine rings is 1. The van der Waals surface area contributed by atoms with Crippen LogP contribution in [0.2, 0.25) is 0 Å². The van der Waals surface area contributed by atoms with Gasteiger partial charge in [0.1, 0.15) is 12.1 Å². The first kappa shape index (κ1) is 14.4. The van der Waals surface area contributed by atoms with Gasteiger partial charge in [-0.05, 0) is 42.7 Å². The number of aromatic hydroxyl groups is 1. The van der Waals surface area contributed by atoms with E-state index < -0.39 is 0 Å². The molecule has 3 aromatic heterocycles. The van der Waals surface area contributed by atoms with Gasteiger partial charge in [-0.3, -0.25) is 4.40 Å². The lowest BCUT2D eigenvalue weighted by Gasteiger charge is -2.13. The van der Waals surface area contributed by atoms with Crippen LogP contribution in [0.1, 0.15) is 11.1 Å². The van der Waals surface area contributed by atoms with Crippen LogP contribution in [0, 0.1) is 13.8 Å². The van der Waals surface area contributed by atoms with E-state index in [2.05, 4.69) is 25.5 Å². The van der Waals surface area contributed by atoms with Crippen molar-refractivity contribution in [2.45, 2.75) is 13.8 Å². The molecular weight excluding hydrogens is 304 g/mol. The molecule has 4 rings (SSSR count). The first-order valence-corrected chi connectivity index (χ1v) is 7.57. The van der Waals surface area contributed by atoms with Crippen LogP contribution in [0.3, 0.4) is 0 Å². The standard InChI is InChI=1S/C17H16N6O/c1-9-4-5-13(24)10(2)14(9)12-6-11-7-19-17(18-3)21-15(11)23-8-20-22-16(12)23/h4-8,24H,1-3H3,(H,18,19,21). The number of aromatic nitrogens is 5. The number of phenolic OH excluding ortho intramolecular Hbond substituents is 1. The van der Waals surface area contributed by atoms with Crippen molar-refractivity contribution >= 4 is 22.6 Å². The molecule has 120 valence electrons. The van der Waals surface area contributed by atoms with Gasteiger partial charge in [-0.1, -0.05) is 6.07 Å². The van der Waals surface area contributed by atoms with Crippen LogP contribution >= 0.6 is 0 Å². The molecule has 3 heterocycles. The number of anilines is 1. The summed E-state index contributed by atoms with van der Waals surface area (Å²) < 4.78 is 1.84. The average Bonchev–Trinajstić information content (AvgIpc) is 3.08. The van der Waals surface area contributed by atoms with E-state index in [-0.39, 0.29) is 5.75 Å². The molecule has 0 fully saturated rings. The second-order valence-corrected chi connectivity index (χ2v) is 5.71. The Balaban J connectivity index is 2.13. The van der Waals surface area contributed by atoms with Crippen molar-refractivity contribution in [1.82, 2.24) is 24.6 Å². The van der Waals surface area contributed by atoms with Crippen LogP contribution in [0.4, 0.5) is 5.95 Å². The number of hydrogen-bond acceptors (Lipinski definition) is 6. The Bertz CT molecular complexity index is 1090. The molecule has 0 unspecified atom stereocenters. The third-order valence-corrected chi connectivity index (χ3v) is 4.25. The molecule has 0 bridgehead atoms. The molecule has 0 amide bonds. The highest BCUT2D eigenvalue weighted by atomic mass is 16.3. The number of nitrogens with zero attached hydrogens (tertiary/aromatic N) is 5. The van der Waals surface area contributed by atoms with E-state index in [1.54, 1.807) is 25.6 Å². The zero-order chi connectivity index (χ0) is 16.8. The van der Waals surface area contributed by atoms with Crippen molar-refractivity contribution in [1.29, 1.82) is 0 Å². The predicted molar refractivity (Wildman–Crippen MR) is 92.2 cm³/mol. The molecule has 0 aliphatic rings. The second kappa shape index (κ2) is 5.16. The van der Waals surface area contributed by atoms with Gasteiger partial charge in [-0.25, -0.2) is 4.98 Å². The van der Waals surface area contributed by atoms with Gasteiger partial charge >= 0.3 is 0 Å². The molecular formula is C17H16N6O. The summed E-state index contributed by atoms with van der Waals surface area (Å²) in [5, 5.41) is 22.2. The summed E-state index contributed by atoms with van der Waals surface area (Å²) in [4.78, 5) is 8.79. The molecule has 2 N–H and O–H groups in total. The number of benzene rings is 1. The van der Waals surface area contributed by atoms with Crippen molar-refractivity contribution in [3.8, 4) is 16.9 Å². The van der Waals surface area contributed by atoms with Crippen molar-refractivity contribution in [2.75, 3.05) is 12.4 Å². The maximum Gasteiger partial charge on any atom is 0.224 e. The molecule has 0 saturated heterocycles. The summed E-state index contributed by atoms with van der Waals surface area (Å²) in [6, 6.07) is 5.60. The number of fused-ring (bicyclic) bond motifs is 3. The van der Waals surface area contributed by atoms with E-state index in [1.165, 1.54) is 0 Å². The van der Waals surface area contributed by atoms with E-state index in [0.717, 1.165) is 33.3 Å². The van der Waals surface area contributed by atoms with Gasteiger partial charge in [0.05, 0.1) is 0 Å². The predicted octanol–water partition coefficient (Wildman–Crippen LogP) is 2.70. The fraction of sp³-hybridized carbons (Fsp3) is 0.176. The number of nitrogens with one attached hydrogen (secondary N) is 1. The van der Waals surface area contributed by atoms with Crippen molar-refractivity contribution in [3.05, 3.63) is 41.9 Å². The Labute approximate surface area is 138 Å². The molecule has 0 spiro atoms. The Morgan fingerprint density at radius 1 is 1.17 bits per heavy atom. The zero-order valence-electron chi connectivity index (χ0n) is 13.6. The van der Waals surface area contributed by atoms with Gasteiger partial charge in [-0.15, -0.1) is 10.2 Å². The smallest absolute Gasteiger partial charge is 0.224 e. The Hall–Kier alpha value is -3.22. The fourth-order valence-corrected chi connectivity index (χ4v) is 3.03. The van der Waals surface area contributed by atoms with Crippen LogP contribution < -0.4 is 5.32 Å². The molecule has 7 heteroatoms. The Morgan fingerprint density at radius 2 is 2.00 bits per heavy atom. The quantitative estimate of drug-likeness (QED) is 0.590. The minimum atomic E-state index is 0.259. The average molecular weight is 320 g/mol. The maximum atomic E-state index is 10.1. The molecule has 1 aromatic carbocycles. The van der Waals surface area contributed by atoms with Crippen molar-refractivity contribution in [2.24, 2.45) is 0 Å². The fourth-order valence-electron chi connectivity index (χ4n) is 3.03. The normalized spacial score (nSPS) is 11.3. The van der Waals surface area contributed by atoms with Crippen molar-refractivity contribution in [3.63, 3.8) is 0 Å². The lowest BCUT2D eigenvalue weighted by Crippen LogP contribution is -2.01. The van der Waals surface area contributed by atoms with E-state index in [0.29, 0.717) is 11.6 Å². The van der Waals surface area contributed by atoms with Crippen LogP contribution in [0.25, 0.3) is 27.8 Å². The second-order valence-electron chi connectivity index (χ2n) is 5.71. The topological polar surface area (TPSA) is 88.2 Å². The van der Waals surface area contributed by atoms with Crippen molar-refractivity contribution < 1.29 is 5.11 Å². The molecule has 0 aliphatic heterocycles. The van der Waals surface area contributed by atoms with Crippen LogP contribution in [0.5, 0.6) is 5.75 Å². The molecule has 0 atom stereocenters. The van der Waals surface area contributed by atoms with E-state index in [9.17, 15) is 5.11 Å². The monoisotopic (exact) mass is 320 g/mol. The molecule has 0 aliphatic carbocycles. The van der Waals surface area contributed by atoms with Gasteiger partial charge in [0.2, 0.25) is 5.95 Å². The largest absolute Gasteiger partial charge is 0.508 e. The van der Waals surface area contributed by atoms with Gasteiger partial charge < -0.3 is 10.4 Å². The molecule has 7 nitrogen and oxygen atoms in total. The first-order chi connectivity index (χ1) is 11.6. The highest BCUT2D eigenvalue weighted by Crippen LogP contribution is 2.36. The molecule has 0 radical (unpaired) electrons. The van der Waals surface area contributed by atoms with Gasteiger partial charge in [-0.2, -0.15) is 4.98 Å². The SMILES string of the molecule is CNc1ncc2cc(-c3c(C)ccc(O)c3C)c3nncn3c2n1. The number of phenols is 1. The zero-order valence-corrected chi connectivity index (χ0v) is 13.6. The maximum absolute atomic E-state index is 10.1. The van der Waals surface area contributed by atoms with Crippen LogP contribution in [0.15, 0.2) is 30.7 Å². The first-order valence-electron chi connectivity index (χ1n) is 7.57. The Kier molecular flexibility index (Phi) is 3.09. The molecule has 4 aromatic rings. The molecule has 0 saturated carbocycles. The Morgan fingerprint density at radius 3 is 2.79 bits per heavy atom. The number of hydrogen-bond donors (Lipinski definition) is 2. The van der Waals surface area contributed by atoms with E-state index >= 15 is 0 Å². The summed E-state index contributed by atoms with van der Waals surface area (Å²) in [7, 11) is 1.78. The van der Waals surface area contributed by atoms with E-state index in [4.69, 9.17) is 0 Å². The summed E-state index contributed by atoms with van der Waals surface area (Å²) in [6.45, 7) is 3.91. The molecule has 24 heavy (non-hydrogen) atoms.